The van der Waals surface area contributed by atoms with E-state index in [1.54, 1.807) is 6.92 Å². The van der Waals surface area contributed by atoms with Crippen LogP contribution in [0.3, 0.4) is 0 Å². The van der Waals surface area contributed by atoms with Crippen LogP contribution in [0.1, 0.15) is 25.1 Å². The summed E-state index contributed by atoms with van der Waals surface area (Å²) in [6, 6.07) is 5.12. The zero-order valence-corrected chi connectivity index (χ0v) is 15.9. The van der Waals surface area contributed by atoms with Crippen LogP contribution in [0.5, 0.6) is 0 Å². The van der Waals surface area contributed by atoms with E-state index in [0.717, 1.165) is 18.2 Å². The van der Waals surface area contributed by atoms with Crippen LogP contribution in [0.2, 0.25) is 0 Å². The Morgan fingerprint density at radius 2 is 2.00 bits per heavy atom. The Morgan fingerprint density at radius 1 is 1.27 bits per heavy atom. The first kappa shape index (κ1) is 20.8. The zero-order valence-electron chi connectivity index (χ0n) is 15.9. The third-order valence-electron chi connectivity index (χ3n) is 4.49. The van der Waals surface area contributed by atoms with Crippen LogP contribution >= 0.6 is 0 Å². The van der Waals surface area contributed by atoms with Crippen molar-refractivity contribution < 1.29 is 23.2 Å². The number of carbonyl (C=O) groups is 1. The van der Waals surface area contributed by atoms with Gasteiger partial charge in [0.2, 0.25) is 0 Å². The highest BCUT2D eigenvalue weighted by molar-refractivity contribution is 5.81. The average molecular weight is 418 g/mol. The van der Waals surface area contributed by atoms with Crippen LogP contribution in [0.4, 0.5) is 14.5 Å². The number of imidazole rings is 1. The standard InChI is InChI=1S/C19H16F2N4O5/c1-3-10(19(27)30-2)17-23-15(11-5-4-9(20)8-12(11)21)16(24-17)13-6-7-14(25(28)29)18(26)22-13/h4-8,10H,3H2,1-2H3,(H,22,26)(H,23,24). The molecule has 0 aliphatic heterocycles. The van der Waals surface area contributed by atoms with Gasteiger partial charge in [0.15, 0.2) is 0 Å². The second kappa shape index (κ2) is 8.23. The predicted molar refractivity (Wildman–Crippen MR) is 102 cm³/mol. The lowest BCUT2D eigenvalue weighted by atomic mass is 10.1. The van der Waals surface area contributed by atoms with Crippen molar-refractivity contribution >= 4 is 11.7 Å². The third-order valence-corrected chi connectivity index (χ3v) is 4.49. The van der Waals surface area contributed by atoms with E-state index in [1.165, 1.54) is 13.2 Å². The summed E-state index contributed by atoms with van der Waals surface area (Å²) in [4.78, 5) is 43.7. The fraction of sp³-hybridized carbons (Fsp3) is 0.211. The summed E-state index contributed by atoms with van der Waals surface area (Å²) in [5.41, 5.74) is -1.57. The number of aromatic nitrogens is 3. The van der Waals surface area contributed by atoms with Crippen molar-refractivity contribution in [2.45, 2.75) is 19.3 Å². The summed E-state index contributed by atoms with van der Waals surface area (Å²) >= 11 is 0. The van der Waals surface area contributed by atoms with Crippen molar-refractivity contribution in [2.24, 2.45) is 0 Å². The molecule has 3 rings (SSSR count). The highest BCUT2D eigenvalue weighted by atomic mass is 19.1. The number of esters is 1. The van der Waals surface area contributed by atoms with Gasteiger partial charge in [-0.15, -0.1) is 0 Å². The Kier molecular flexibility index (Phi) is 5.72. The Hall–Kier alpha value is -3.89. The first-order valence-electron chi connectivity index (χ1n) is 8.78. The summed E-state index contributed by atoms with van der Waals surface area (Å²) in [5, 5.41) is 10.9. The van der Waals surface area contributed by atoms with Crippen molar-refractivity contribution in [1.82, 2.24) is 15.0 Å². The van der Waals surface area contributed by atoms with Crippen molar-refractivity contribution in [3.05, 3.63) is 68.3 Å². The molecular formula is C19H16F2N4O5. The number of rotatable bonds is 6. The summed E-state index contributed by atoms with van der Waals surface area (Å²) in [6.07, 6.45) is 0.307. The van der Waals surface area contributed by atoms with Crippen molar-refractivity contribution in [3.8, 4) is 22.6 Å². The summed E-state index contributed by atoms with van der Waals surface area (Å²) < 4.78 is 32.6. The number of pyridine rings is 1. The van der Waals surface area contributed by atoms with Gasteiger partial charge in [-0.3, -0.25) is 19.7 Å². The maximum Gasteiger partial charge on any atom is 0.333 e. The van der Waals surface area contributed by atoms with Gasteiger partial charge < -0.3 is 14.7 Å². The monoisotopic (exact) mass is 418 g/mol. The fourth-order valence-electron chi connectivity index (χ4n) is 3.00. The Balaban J connectivity index is 2.25. The van der Waals surface area contributed by atoms with Crippen LogP contribution < -0.4 is 5.56 Å². The normalized spacial score (nSPS) is 11.9. The third kappa shape index (κ3) is 3.81. The van der Waals surface area contributed by atoms with Crippen molar-refractivity contribution in [2.75, 3.05) is 7.11 Å². The Morgan fingerprint density at radius 3 is 2.57 bits per heavy atom. The Bertz CT molecular complexity index is 1190. The number of H-pyrrole nitrogens is 2. The minimum atomic E-state index is -0.973. The van der Waals surface area contributed by atoms with Gasteiger partial charge in [-0.2, -0.15) is 0 Å². The molecule has 2 N–H and O–H groups in total. The SMILES string of the molecule is CCC(C(=O)OC)c1nc(-c2ccc(F)cc2F)c(-c2ccc([N+](=O)[O-])c(=O)[nH]2)[nH]1. The van der Waals surface area contributed by atoms with Gasteiger partial charge in [0, 0.05) is 17.7 Å². The van der Waals surface area contributed by atoms with E-state index < -0.39 is 39.7 Å². The number of aromatic amines is 2. The van der Waals surface area contributed by atoms with E-state index in [2.05, 4.69) is 15.0 Å². The molecule has 2 aromatic heterocycles. The number of methoxy groups -OCH3 is 1. The minimum absolute atomic E-state index is 0.00523. The summed E-state index contributed by atoms with van der Waals surface area (Å²) in [6.45, 7) is 1.72. The lowest BCUT2D eigenvalue weighted by Gasteiger charge is -2.08. The van der Waals surface area contributed by atoms with Crippen LogP contribution in [0, 0.1) is 21.7 Å². The number of nitrogens with one attached hydrogen (secondary N) is 2. The quantitative estimate of drug-likeness (QED) is 0.359. The van der Waals surface area contributed by atoms with Gasteiger partial charge in [0.25, 0.3) is 0 Å². The Labute approximate surface area is 167 Å². The van der Waals surface area contributed by atoms with Gasteiger partial charge in [0.1, 0.15) is 29.1 Å². The number of ether oxygens (including phenoxy) is 1. The molecule has 9 nitrogen and oxygen atoms in total. The number of benzene rings is 1. The lowest BCUT2D eigenvalue weighted by Crippen LogP contribution is -2.15. The molecule has 30 heavy (non-hydrogen) atoms. The molecule has 1 unspecified atom stereocenters. The summed E-state index contributed by atoms with van der Waals surface area (Å²) in [7, 11) is 1.21. The smallest absolute Gasteiger partial charge is 0.333 e. The van der Waals surface area contributed by atoms with Gasteiger partial charge in [-0.1, -0.05) is 6.92 Å². The number of halogens is 2. The van der Waals surface area contributed by atoms with Crippen molar-refractivity contribution in [3.63, 3.8) is 0 Å². The first-order chi connectivity index (χ1) is 14.3. The van der Waals surface area contributed by atoms with E-state index >= 15 is 0 Å². The van der Waals surface area contributed by atoms with Gasteiger partial charge >= 0.3 is 17.2 Å². The maximum atomic E-state index is 14.5. The molecule has 0 saturated carbocycles. The molecule has 0 radical (unpaired) electrons. The fourth-order valence-corrected chi connectivity index (χ4v) is 3.00. The van der Waals surface area contributed by atoms with Crippen LogP contribution in [0.25, 0.3) is 22.6 Å². The number of nitrogens with zero attached hydrogens (tertiary/aromatic N) is 2. The first-order valence-corrected chi connectivity index (χ1v) is 8.78. The van der Waals surface area contributed by atoms with Gasteiger partial charge in [0.05, 0.1) is 23.4 Å². The van der Waals surface area contributed by atoms with E-state index in [9.17, 15) is 28.5 Å². The highest BCUT2D eigenvalue weighted by Gasteiger charge is 2.27. The average Bonchev–Trinajstić information content (AvgIpc) is 3.12. The molecule has 0 spiro atoms. The molecule has 0 bridgehead atoms. The molecule has 3 aromatic rings. The molecule has 0 saturated heterocycles. The molecule has 156 valence electrons. The van der Waals surface area contributed by atoms with E-state index in [-0.39, 0.29) is 28.5 Å². The molecule has 11 heteroatoms. The van der Waals surface area contributed by atoms with Gasteiger partial charge in [-0.05, 0) is 24.6 Å². The number of hydrogen-bond acceptors (Lipinski definition) is 6. The van der Waals surface area contributed by atoms with E-state index in [1.807, 2.05) is 0 Å². The molecular weight excluding hydrogens is 402 g/mol. The molecule has 0 amide bonds. The van der Waals surface area contributed by atoms with Crippen LogP contribution in [-0.4, -0.2) is 33.0 Å². The van der Waals surface area contributed by atoms with Crippen LogP contribution in [0.15, 0.2) is 35.1 Å². The zero-order chi connectivity index (χ0) is 22.0. The summed E-state index contributed by atoms with van der Waals surface area (Å²) in [5.74, 6) is -2.96. The highest BCUT2D eigenvalue weighted by Crippen LogP contribution is 2.33. The molecule has 1 aromatic carbocycles. The van der Waals surface area contributed by atoms with E-state index in [4.69, 9.17) is 4.74 Å². The molecule has 0 aliphatic carbocycles. The number of nitro groups is 1. The van der Waals surface area contributed by atoms with E-state index in [0.29, 0.717) is 12.5 Å². The molecule has 0 fully saturated rings. The second-order valence-electron chi connectivity index (χ2n) is 6.30. The molecule has 0 aliphatic rings. The van der Waals surface area contributed by atoms with Gasteiger partial charge in [-0.25, -0.2) is 13.8 Å². The van der Waals surface area contributed by atoms with Crippen molar-refractivity contribution in [1.29, 1.82) is 0 Å². The number of hydrogen-bond donors (Lipinski definition) is 2. The molecule has 2 heterocycles. The largest absolute Gasteiger partial charge is 0.468 e. The van der Waals surface area contributed by atoms with Crippen LogP contribution in [-0.2, 0) is 9.53 Å². The topological polar surface area (TPSA) is 131 Å². The minimum Gasteiger partial charge on any atom is -0.468 e. The second-order valence-corrected chi connectivity index (χ2v) is 6.30. The molecule has 1 atom stereocenters. The number of carbonyl (C=O) groups excluding carboxylic acids is 1. The predicted octanol–water partition coefficient (Wildman–Crippen LogP) is 3.29. The maximum absolute atomic E-state index is 14.5. The lowest BCUT2D eigenvalue weighted by molar-refractivity contribution is -0.386.